The van der Waals surface area contributed by atoms with Gasteiger partial charge in [0, 0.05) is 31.3 Å². The van der Waals surface area contributed by atoms with Crippen molar-refractivity contribution in [2.24, 2.45) is 5.73 Å². The van der Waals surface area contributed by atoms with Crippen molar-refractivity contribution >= 4 is 5.91 Å². The molecule has 2 aromatic rings. The zero-order valence-corrected chi connectivity index (χ0v) is 11.8. The highest BCUT2D eigenvalue weighted by Crippen LogP contribution is 2.08. The maximum absolute atomic E-state index is 12.3. The van der Waals surface area contributed by atoms with Crippen LogP contribution in [0, 0.1) is 18.8 Å². The summed E-state index contributed by atoms with van der Waals surface area (Å²) in [7, 11) is 0. The molecule has 0 atom stereocenters. The standard InChI is InChI=1S/C16H16N4O/c1-12-4-7-18-10-14(12)11-20-16(21)15-5-8-19-9-13(15)3-2-6-17/h4-5,7-10H,6,11,17H2,1H3,(H,20,21). The summed E-state index contributed by atoms with van der Waals surface area (Å²) < 4.78 is 0. The van der Waals surface area contributed by atoms with Crippen LogP contribution in [-0.4, -0.2) is 22.4 Å². The van der Waals surface area contributed by atoms with Crippen molar-refractivity contribution in [3.63, 3.8) is 0 Å². The largest absolute Gasteiger partial charge is 0.348 e. The third-order valence-corrected chi connectivity index (χ3v) is 2.98. The molecule has 2 aromatic heterocycles. The molecule has 0 spiro atoms. The lowest BCUT2D eigenvalue weighted by atomic mass is 10.1. The van der Waals surface area contributed by atoms with Crippen molar-refractivity contribution in [3.8, 4) is 11.8 Å². The SMILES string of the molecule is Cc1ccncc1CNC(=O)c1ccncc1C#CCN. The lowest BCUT2D eigenvalue weighted by Gasteiger charge is -2.08. The second-order valence-electron chi connectivity index (χ2n) is 4.41. The minimum Gasteiger partial charge on any atom is -0.348 e. The summed E-state index contributed by atoms with van der Waals surface area (Å²) in [5.74, 6) is 5.39. The number of hydrogen-bond acceptors (Lipinski definition) is 4. The summed E-state index contributed by atoms with van der Waals surface area (Å²) in [4.78, 5) is 20.3. The van der Waals surface area contributed by atoms with Gasteiger partial charge in [0.2, 0.25) is 0 Å². The summed E-state index contributed by atoms with van der Waals surface area (Å²) in [5, 5.41) is 2.87. The van der Waals surface area contributed by atoms with E-state index >= 15 is 0 Å². The van der Waals surface area contributed by atoms with Crippen LogP contribution in [0.25, 0.3) is 0 Å². The molecule has 5 nitrogen and oxygen atoms in total. The first kappa shape index (κ1) is 14.7. The molecular formula is C16H16N4O. The molecule has 2 heterocycles. The molecule has 21 heavy (non-hydrogen) atoms. The number of carbonyl (C=O) groups is 1. The average Bonchev–Trinajstić information content (AvgIpc) is 2.52. The van der Waals surface area contributed by atoms with E-state index in [0.717, 1.165) is 11.1 Å². The molecule has 3 N–H and O–H groups in total. The third-order valence-electron chi connectivity index (χ3n) is 2.98. The first-order valence-electron chi connectivity index (χ1n) is 6.53. The first-order chi connectivity index (χ1) is 10.2. The number of nitrogens with two attached hydrogens (primary N) is 1. The van der Waals surface area contributed by atoms with E-state index in [0.29, 0.717) is 17.7 Å². The Labute approximate surface area is 123 Å². The predicted molar refractivity (Wildman–Crippen MR) is 80.3 cm³/mol. The molecule has 0 aliphatic rings. The monoisotopic (exact) mass is 280 g/mol. The minimum atomic E-state index is -0.193. The van der Waals surface area contributed by atoms with Gasteiger partial charge in [0.05, 0.1) is 17.7 Å². The van der Waals surface area contributed by atoms with Crippen LogP contribution in [0.15, 0.2) is 36.9 Å². The molecule has 5 heteroatoms. The van der Waals surface area contributed by atoms with Crippen molar-refractivity contribution in [2.45, 2.75) is 13.5 Å². The van der Waals surface area contributed by atoms with Gasteiger partial charge in [-0.15, -0.1) is 0 Å². The molecule has 0 aliphatic carbocycles. The molecule has 0 radical (unpaired) electrons. The predicted octanol–water partition coefficient (Wildman–Crippen LogP) is 1.03. The zero-order valence-electron chi connectivity index (χ0n) is 11.8. The van der Waals surface area contributed by atoms with E-state index in [1.165, 1.54) is 0 Å². The first-order valence-corrected chi connectivity index (χ1v) is 6.53. The van der Waals surface area contributed by atoms with Crippen LogP contribution in [0.1, 0.15) is 27.0 Å². The van der Waals surface area contributed by atoms with E-state index in [4.69, 9.17) is 5.73 Å². The second-order valence-corrected chi connectivity index (χ2v) is 4.41. The Morgan fingerprint density at radius 3 is 2.81 bits per heavy atom. The number of nitrogens with zero attached hydrogens (tertiary/aromatic N) is 2. The Kier molecular flexibility index (Phi) is 5.02. The van der Waals surface area contributed by atoms with Gasteiger partial charge in [-0.25, -0.2) is 0 Å². The molecule has 0 unspecified atom stereocenters. The van der Waals surface area contributed by atoms with E-state index in [1.807, 2.05) is 13.0 Å². The van der Waals surface area contributed by atoms with Crippen LogP contribution in [0.5, 0.6) is 0 Å². The van der Waals surface area contributed by atoms with E-state index in [2.05, 4.69) is 27.1 Å². The number of carbonyl (C=O) groups excluding carboxylic acids is 1. The van der Waals surface area contributed by atoms with Crippen LogP contribution in [0.4, 0.5) is 0 Å². The van der Waals surface area contributed by atoms with Gasteiger partial charge < -0.3 is 11.1 Å². The molecule has 0 aromatic carbocycles. The van der Waals surface area contributed by atoms with Crippen molar-refractivity contribution in [2.75, 3.05) is 6.54 Å². The Morgan fingerprint density at radius 1 is 1.29 bits per heavy atom. The lowest BCUT2D eigenvalue weighted by molar-refractivity contribution is 0.0950. The third kappa shape index (κ3) is 3.88. The van der Waals surface area contributed by atoms with E-state index in [1.54, 1.807) is 30.9 Å². The van der Waals surface area contributed by atoms with Gasteiger partial charge in [-0.2, -0.15) is 0 Å². The molecule has 106 valence electrons. The number of rotatable bonds is 3. The highest BCUT2D eigenvalue weighted by atomic mass is 16.1. The van der Waals surface area contributed by atoms with Crippen molar-refractivity contribution in [3.05, 3.63) is 59.2 Å². The molecule has 0 saturated carbocycles. The minimum absolute atomic E-state index is 0.193. The number of aryl methyl sites for hydroxylation is 1. The highest BCUT2D eigenvalue weighted by Gasteiger charge is 2.10. The van der Waals surface area contributed by atoms with Gasteiger partial charge in [0.1, 0.15) is 0 Å². The highest BCUT2D eigenvalue weighted by molar-refractivity contribution is 5.96. The fourth-order valence-electron chi connectivity index (χ4n) is 1.79. The molecular weight excluding hydrogens is 264 g/mol. The maximum atomic E-state index is 12.3. The number of hydrogen-bond donors (Lipinski definition) is 2. The van der Waals surface area contributed by atoms with Gasteiger partial charge in [-0.3, -0.25) is 14.8 Å². The Hall–Kier alpha value is -2.71. The molecule has 0 bridgehead atoms. The quantitative estimate of drug-likeness (QED) is 0.823. The van der Waals surface area contributed by atoms with Crippen LogP contribution < -0.4 is 11.1 Å². The number of nitrogens with one attached hydrogen (secondary N) is 1. The summed E-state index contributed by atoms with van der Waals surface area (Å²) in [5.41, 5.74) is 8.49. The van der Waals surface area contributed by atoms with Crippen molar-refractivity contribution in [1.82, 2.24) is 15.3 Å². The van der Waals surface area contributed by atoms with E-state index in [-0.39, 0.29) is 12.5 Å². The number of pyridine rings is 2. The van der Waals surface area contributed by atoms with Crippen LogP contribution in [0.2, 0.25) is 0 Å². The van der Waals surface area contributed by atoms with Gasteiger partial charge in [0.15, 0.2) is 0 Å². The van der Waals surface area contributed by atoms with Crippen LogP contribution >= 0.6 is 0 Å². The fraction of sp³-hybridized carbons (Fsp3) is 0.188. The summed E-state index contributed by atoms with van der Waals surface area (Å²) in [6, 6.07) is 3.55. The van der Waals surface area contributed by atoms with Gasteiger partial charge in [-0.05, 0) is 30.2 Å². The summed E-state index contributed by atoms with van der Waals surface area (Å²) >= 11 is 0. The molecule has 2 rings (SSSR count). The fourth-order valence-corrected chi connectivity index (χ4v) is 1.79. The van der Waals surface area contributed by atoms with Crippen LogP contribution in [-0.2, 0) is 6.54 Å². The van der Waals surface area contributed by atoms with Crippen molar-refractivity contribution in [1.29, 1.82) is 0 Å². The maximum Gasteiger partial charge on any atom is 0.252 e. The average molecular weight is 280 g/mol. The Morgan fingerprint density at radius 2 is 2.05 bits per heavy atom. The van der Waals surface area contributed by atoms with Crippen LogP contribution in [0.3, 0.4) is 0 Å². The second kappa shape index (κ2) is 7.17. The summed E-state index contributed by atoms with van der Waals surface area (Å²) in [6.45, 7) is 2.64. The Balaban J connectivity index is 2.12. The summed E-state index contributed by atoms with van der Waals surface area (Å²) in [6.07, 6.45) is 6.60. The zero-order chi connectivity index (χ0) is 15.1. The molecule has 1 amide bonds. The van der Waals surface area contributed by atoms with Gasteiger partial charge >= 0.3 is 0 Å². The lowest BCUT2D eigenvalue weighted by Crippen LogP contribution is -2.24. The van der Waals surface area contributed by atoms with Crippen molar-refractivity contribution < 1.29 is 4.79 Å². The number of amides is 1. The molecule has 0 aliphatic heterocycles. The normalized spacial score (nSPS) is 9.62. The number of aromatic nitrogens is 2. The molecule has 0 fully saturated rings. The Bertz CT molecular complexity index is 701. The van der Waals surface area contributed by atoms with Gasteiger partial charge in [-0.1, -0.05) is 11.8 Å². The van der Waals surface area contributed by atoms with Gasteiger partial charge in [0.25, 0.3) is 5.91 Å². The van der Waals surface area contributed by atoms with E-state index < -0.39 is 0 Å². The van der Waals surface area contributed by atoms with E-state index in [9.17, 15) is 4.79 Å². The molecule has 0 saturated heterocycles. The topological polar surface area (TPSA) is 80.9 Å². The smallest absolute Gasteiger partial charge is 0.252 e.